The van der Waals surface area contributed by atoms with Crippen molar-refractivity contribution in [2.75, 3.05) is 20.2 Å². The van der Waals surface area contributed by atoms with E-state index in [1.165, 1.54) is 13.5 Å². The summed E-state index contributed by atoms with van der Waals surface area (Å²) in [5.74, 6) is -0.239. The molecule has 2 aliphatic rings. The van der Waals surface area contributed by atoms with Gasteiger partial charge >= 0.3 is 5.97 Å². The van der Waals surface area contributed by atoms with Gasteiger partial charge in [0.05, 0.1) is 13.0 Å². The zero-order chi connectivity index (χ0) is 15.0. The van der Waals surface area contributed by atoms with E-state index >= 15 is 0 Å². The van der Waals surface area contributed by atoms with Gasteiger partial charge in [-0.3, -0.25) is 9.59 Å². The number of hydrogen-bond acceptors (Lipinski definition) is 3. The van der Waals surface area contributed by atoms with E-state index in [0.29, 0.717) is 19.1 Å². The lowest BCUT2D eigenvalue weighted by Crippen LogP contribution is -2.33. The van der Waals surface area contributed by atoms with Gasteiger partial charge in [0.15, 0.2) is 0 Å². The molecular formula is C16H22N2O3. The fourth-order valence-corrected chi connectivity index (χ4v) is 3.31. The normalized spacial score (nSPS) is 25.7. The van der Waals surface area contributed by atoms with Gasteiger partial charge in [-0.2, -0.15) is 0 Å². The van der Waals surface area contributed by atoms with Crippen LogP contribution in [0.3, 0.4) is 0 Å². The van der Waals surface area contributed by atoms with Crippen LogP contribution in [0.2, 0.25) is 0 Å². The largest absolute Gasteiger partial charge is 0.469 e. The summed E-state index contributed by atoms with van der Waals surface area (Å²) in [5, 5.41) is 0. The van der Waals surface area contributed by atoms with E-state index in [2.05, 4.69) is 4.57 Å². The minimum absolute atomic E-state index is 0.0325. The number of nitrogens with zero attached hydrogens (tertiary/aromatic N) is 2. The minimum atomic E-state index is -0.216. The Hall–Kier alpha value is -1.78. The van der Waals surface area contributed by atoms with E-state index in [4.69, 9.17) is 4.74 Å². The van der Waals surface area contributed by atoms with E-state index in [9.17, 15) is 9.59 Å². The van der Waals surface area contributed by atoms with E-state index < -0.39 is 0 Å². The first-order valence-electron chi connectivity index (χ1n) is 7.65. The van der Waals surface area contributed by atoms with Crippen LogP contribution in [0.4, 0.5) is 0 Å². The van der Waals surface area contributed by atoms with Gasteiger partial charge in [-0.25, -0.2) is 0 Å². The third kappa shape index (κ3) is 2.45. The van der Waals surface area contributed by atoms with Crippen molar-refractivity contribution >= 4 is 11.9 Å². The standard InChI is InChI=1S/C16H22N2O3/c1-11-9-17(10-13(11)16(20)21-2)15(19)14-7-4-8-18(14)12-5-3-6-12/h4,7-8,11-13H,3,5-6,9-10H2,1-2H3. The maximum Gasteiger partial charge on any atom is 0.310 e. The highest BCUT2D eigenvalue weighted by Crippen LogP contribution is 2.33. The van der Waals surface area contributed by atoms with E-state index in [1.807, 2.05) is 25.3 Å². The first kappa shape index (κ1) is 14.2. The van der Waals surface area contributed by atoms with Crippen molar-refractivity contribution in [2.45, 2.75) is 32.2 Å². The smallest absolute Gasteiger partial charge is 0.310 e. The molecule has 3 rings (SSSR count). The summed E-state index contributed by atoms with van der Waals surface area (Å²) in [6.07, 6.45) is 5.53. The highest BCUT2D eigenvalue weighted by molar-refractivity contribution is 5.93. The fraction of sp³-hybridized carbons (Fsp3) is 0.625. The molecule has 2 atom stereocenters. The molecule has 1 aromatic heterocycles. The van der Waals surface area contributed by atoms with Gasteiger partial charge in [-0.05, 0) is 37.3 Å². The summed E-state index contributed by atoms with van der Waals surface area (Å²) in [7, 11) is 1.40. The molecule has 5 heteroatoms. The molecule has 2 unspecified atom stereocenters. The van der Waals surface area contributed by atoms with Crippen LogP contribution < -0.4 is 0 Å². The average molecular weight is 290 g/mol. The number of ether oxygens (including phenoxy) is 1. The third-order valence-corrected chi connectivity index (χ3v) is 4.87. The number of carbonyl (C=O) groups is 2. The molecule has 1 amide bonds. The van der Waals surface area contributed by atoms with Crippen LogP contribution in [-0.2, 0) is 9.53 Å². The van der Waals surface area contributed by atoms with Crippen LogP contribution in [0.15, 0.2) is 18.3 Å². The van der Waals surface area contributed by atoms with Crippen LogP contribution in [0.5, 0.6) is 0 Å². The van der Waals surface area contributed by atoms with Crippen LogP contribution in [0, 0.1) is 11.8 Å². The summed E-state index contributed by atoms with van der Waals surface area (Å²) < 4.78 is 6.93. The van der Waals surface area contributed by atoms with Gasteiger partial charge in [0.1, 0.15) is 5.69 Å². The van der Waals surface area contributed by atoms with Crippen LogP contribution in [0.1, 0.15) is 42.7 Å². The Morgan fingerprint density at radius 3 is 2.67 bits per heavy atom. The zero-order valence-electron chi connectivity index (χ0n) is 12.6. The first-order valence-corrected chi connectivity index (χ1v) is 7.65. The molecule has 0 bridgehead atoms. The molecule has 0 radical (unpaired) electrons. The summed E-state index contributed by atoms with van der Waals surface area (Å²) in [4.78, 5) is 26.3. The molecule has 21 heavy (non-hydrogen) atoms. The number of carbonyl (C=O) groups excluding carboxylic acids is 2. The Morgan fingerprint density at radius 1 is 1.29 bits per heavy atom. The molecule has 2 heterocycles. The number of aromatic nitrogens is 1. The monoisotopic (exact) mass is 290 g/mol. The van der Waals surface area contributed by atoms with Gasteiger partial charge in [0, 0.05) is 25.3 Å². The van der Waals surface area contributed by atoms with E-state index in [1.54, 1.807) is 4.90 Å². The van der Waals surface area contributed by atoms with Crippen LogP contribution in [0.25, 0.3) is 0 Å². The topological polar surface area (TPSA) is 51.5 Å². The van der Waals surface area contributed by atoms with Gasteiger partial charge in [0.2, 0.25) is 0 Å². The first-order chi connectivity index (χ1) is 10.1. The van der Waals surface area contributed by atoms with Crippen molar-refractivity contribution in [1.29, 1.82) is 0 Å². The molecule has 0 N–H and O–H groups in total. The third-order valence-electron chi connectivity index (χ3n) is 4.87. The SMILES string of the molecule is COC(=O)C1CN(C(=O)c2cccn2C2CCC2)CC1C. The lowest BCUT2D eigenvalue weighted by Gasteiger charge is -2.29. The maximum atomic E-state index is 12.7. The second-order valence-electron chi connectivity index (χ2n) is 6.20. The number of amides is 1. The summed E-state index contributed by atoms with van der Waals surface area (Å²) >= 11 is 0. The predicted octanol–water partition coefficient (Wildman–Crippen LogP) is 2.09. The summed E-state index contributed by atoms with van der Waals surface area (Å²) in [5.41, 5.74) is 0.748. The molecule has 114 valence electrons. The molecule has 5 nitrogen and oxygen atoms in total. The molecule has 1 aliphatic heterocycles. The number of methoxy groups -OCH3 is 1. The lowest BCUT2D eigenvalue weighted by molar-refractivity contribution is -0.146. The van der Waals surface area contributed by atoms with Crippen LogP contribution in [-0.4, -0.2) is 41.5 Å². The predicted molar refractivity (Wildman–Crippen MR) is 77.9 cm³/mol. The highest BCUT2D eigenvalue weighted by atomic mass is 16.5. The highest BCUT2D eigenvalue weighted by Gasteiger charge is 2.38. The number of likely N-dealkylation sites (tertiary alicyclic amines) is 1. The Kier molecular flexibility index (Phi) is 3.74. The fourth-order valence-electron chi connectivity index (χ4n) is 3.31. The quantitative estimate of drug-likeness (QED) is 0.801. The van der Waals surface area contributed by atoms with Crippen LogP contribution >= 0.6 is 0 Å². The molecule has 1 aromatic rings. The van der Waals surface area contributed by atoms with Gasteiger partial charge in [0.25, 0.3) is 5.91 Å². The Bertz CT molecular complexity index is 547. The van der Waals surface area contributed by atoms with Crippen molar-refractivity contribution < 1.29 is 14.3 Å². The van der Waals surface area contributed by atoms with E-state index in [-0.39, 0.29) is 23.7 Å². The van der Waals surface area contributed by atoms with Crippen molar-refractivity contribution in [3.8, 4) is 0 Å². The summed E-state index contributed by atoms with van der Waals surface area (Å²) in [6, 6.07) is 4.29. The van der Waals surface area contributed by atoms with Gasteiger partial charge in [-0.15, -0.1) is 0 Å². The van der Waals surface area contributed by atoms with Crippen molar-refractivity contribution in [3.63, 3.8) is 0 Å². The second-order valence-corrected chi connectivity index (χ2v) is 6.20. The Balaban J connectivity index is 1.74. The van der Waals surface area contributed by atoms with Gasteiger partial charge in [-0.1, -0.05) is 6.92 Å². The second kappa shape index (κ2) is 5.54. The van der Waals surface area contributed by atoms with Gasteiger partial charge < -0.3 is 14.2 Å². The molecule has 2 fully saturated rings. The van der Waals surface area contributed by atoms with Crippen molar-refractivity contribution in [2.24, 2.45) is 11.8 Å². The number of rotatable bonds is 3. The molecule has 1 saturated carbocycles. The average Bonchev–Trinajstić information content (AvgIpc) is 3.02. The van der Waals surface area contributed by atoms with Crippen molar-refractivity contribution in [1.82, 2.24) is 9.47 Å². The number of esters is 1. The lowest BCUT2D eigenvalue weighted by atomic mass is 9.93. The van der Waals surface area contributed by atoms with Crippen molar-refractivity contribution in [3.05, 3.63) is 24.0 Å². The number of hydrogen-bond donors (Lipinski definition) is 0. The Labute approximate surface area is 124 Å². The zero-order valence-corrected chi connectivity index (χ0v) is 12.6. The maximum absolute atomic E-state index is 12.7. The van der Waals surface area contributed by atoms with E-state index in [0.717, 1.165) is 18.5 Å². The molecule has 0 aromatic carbocycles. The molecule has 1 saturated heterocycles. The molecule has 1 aliphatic carbocycles. The minimum Gasteiger partial charge on any atom is -0.469 e. The Morgan fingerprint density at radius 2 is 2.05 bits per heavy atom. The molecule has 0 spiro atoms. The molecular weight excluding hydrogens is 268 g/mol. The summed E-state index contributed by atoms with van der Waals surface area (Å²) in [6.45, 7) is 3.08.